The fourth-order valence-electron chi connectivity index (χ4n) is 4.34. The minimum Gasteiger partial charge on any atom is -0.489 e. The molecule has 0 saturated heterocycles. The van der Waals surface area contributed by atoms with Crippen LogP contribution in [0.25, 0.3) is 6.08 Å². The van der Waals surface area contributed by atoms with Crippen LogP contribution >= 0.6 is 11.6 Å². The van der Waals surface area contributed by atoms with Crippen LogP contribution < -0.4 is 4.74 Å². The molecule has 1 heterocycles. The van der Waals surface area contributed by atoms with E-state index in [4.69, 9.17) is 16.3 Å². The van der Waals surface area contributed by atoms with E-state index < -0.39 is 5.91 Å². The Labute approximate surface area is 198 Å². The maximum atomic E-state index is 13.3. The van der Waals surface area contributed by atoms with Gasteiger partial charge < -0.3 is 4.74 Å². The van der Waals surface area contributed by atoms with Crippen molar-refractivity contribution in [2.24, 2.45) is 0 Å². The molecule has 33 heavy (non-hydrogen) atoms. The first kappa shape index (κ1) is 22.8. The quantitative estimate of drug-likeness (QED) is 0.415. The number of nitrogens with zero attached hydrogens (tertiary/aromatic N) is 2. The van der Waals surface area contributed by atoms with Crippen LogP contribution in [0.2, 0.25) is 5.02 Å². The Morgan fingerprint density at radius 2 is 1.70 bits per heavy atom. The normalized spacial score (nSPS) is 18.6. The summed E-state index contributed by atoms with van der Waals surface area (Å²) in [6.45, 7) is 2.09. The van der Waals surface area contributed by atoms with Gasteiger partial charge in [0.05, 0.1) is 0 Å². The topological polar surface area (TPSA) is 70.4 Å². The number of hydrogen-bond acceptors (Lipinski definition) is 4. The van der Waals surface area contributed by atoms with Crippen molar-refractivity contribution >= 4 is 29.5 Å². The second kappa shape index (κ2) is 10.1. The van der Waals surface area contributed by atoms with Crippen molar-refractivity contribution < 1.29 is 14.3 Å². The van der Waals surface area contributed by atoms with E-state index in [1.54, 1.807) is 13.0 Å². The van der Waals surface area contributed by atoms with Gasteiger partial charge in [0.1, 0.15) is 24.0 Å². The van der Waals surface area contributed by atoms with Crippen LogP contribution in [0.1, 0.15) is 50.2 Å². The van der Waals surface area contributed by atoms with Gasteiger partial charge in [-0.25, -0.2) is 0 Å². The number of amides is 2. The van der Waals surface area contributed by atoms with Crippen molar-refractivity contribution in [2.75, 3.05) is 0 Å². The molecule has 168 valence electrons. The highest BCUT2D eigenvalue weighted by molar-refractivity contribution is 6.30. The Kier molecular flexibility index (Phi) is 6.96. The standard InChI is InChI=1S/C27H25ClN2O3/c1-18-24(26(31)30(27(32)25(18)16-29)22-5-3-2-4-6-22)15-19-9-13-23(14-10-19)33-17-20-7-11-21(28)12-8-20/h7-15,22H,2-6,17H2,1H3/b24-15+. The van der Waals surface area contributed by atoms with E-state index in [2.05, 4.69) is 0 Å². The highest BCUT2D eigenvalue weighted by atomic mass is 35.5. The number of rotatable bonds is 5. The van der Waals surface area contributed by atoms with Gasteiger partial charge in [-0.3, -0.25) is 14.5 Å². The van der Waals surface area contributed by atoms with Crippen LogP contribution in [0.15, 0.2) is 65.3 Å². The first-order valence-electron chi connectivity index (χ1n) is 11.2. The molecule has 2 aromatic rings. The zero-order valence-corrected chi connectivity index (χ0v) is 19.3. The lowest BCUT2D eigenvalue weighted by Gasteiger charge is -2.36. The number of halogens is 1. The minimum absolute atomic E-state index is 0.0503. The van der Waals surface area contributed by atoms with Gasteiger partial charge in [0.2, 0.25) is 0 Å². The molecule has 1 aliphatic heterocycles. The predicted octanol–water partition coefficient (Wildman–Crippen LogP) is 5.84. The molecule has 0 spiro atoms. The number of hydrogen-bond donors (Lipinski definition) is 0. The van der Waals surface area contributed by atoms with Crippen molar-refractivity contribution in [3.05, 3.63) is 81.4 Å². The summed E-state index contributed by atoms with van der Waals surface area (Å²) in [7, 11) is 0. The van der Waals surface area contributed by atoms with Crippen LogP contribution in [-0.2, 0) is 16.2 Å². The average molecular weight is 461 g/mol. The summed E-state index contributed by atoms with van der Waals surface area (Å²) in [6.07, 6.45) is 6.43. The third-order valence-electron chi connectivity index (χ3n) is 6.22. The highest BCUT2D eigenvalue weighted by Gasteiger charge is 2.39. The molecule has 2 aromatic carbocycles. The summed E-state index contributed by atoms with van der Waals surface area (Å²) < 4.78 is 5.83. The first-order chi connectivity index (χ1) is 16.0. The smallest absolute Gasteiger partial charge is 0.271 e. The maximum Gasteiger partial charge on any atom is 0.271 e. The lowest BCUT2D eigenvalue weighted by atomic mass is 9.88. The minimum atomic E-state index is -0.463. The summed E-state index contributed by atoms with van der Waals surface area (Å²) in [5.41, 5.74) is 2.69. The molecule has 0 N–H and O–H groups in total. The Hall–Kier alpha value is -3.36. The van der Waals surface area contributed by atoms with Gasteiger partial charge in [-0.05, 0) is 66.8 Å². The highest BCUT2D eigenvalue weighted by Crippen LogP contribution is 2.32. The third-order valence-corrected chi connectivity index (χ3v) is 6.47. The van der Waals surface area contributed by atoms with E-state index in [1.165, 1.54) is 4.90 Å². The van der Waals surface area contributed by atoms with Crippen molar-refractivity contribution in [1.29, 1.82) is 5.26 Å². The van der Waals surface area contributed by atoms with E-state index in [1.807, 2.05) is 54.6 Å². The Bertz CT molecular complexity index is 1150. The van der Waals surface area contributed by atoms with E-state index in [9.17, 15) is 14.9 Å². The van der Waals surface area contributed by atoms with Crippen LogP contribution in [0.4, 0.5) is 0 Å². The van der Waals surface area contributed by atoms with Crippen molar-refractivity contribution in [2.45, 2.75) is 51.7 Å². The second-order valence-corrected chi connectivity index (χ2v) is 8.86. The molecule has 0 unspecified atom stereocenters. The molecule has 0 atom stereocenters. The molecule has 5 nitrogen and oxygen atoms in total. The summed E-state index contributed by atoms with van der Waals surface area (Å²) in [6, 6.07) is 16.8. The molecule has 1 fully saturated rings. The van der Waals surface area contributed by atoms with Crippen LogP contribution in [0.3, 0.4) is 0 Å². The molecule has 1 aliphatic carbocycles. The number of imide groups is 1. The van der Waals surface area contributed by atoms with Gasteiger partial charge in [0.25, 0.3) is 11.8 Å². The van der Waals surface area contributed by atoms with Crippen LogP contribution in [-0.4, -0.2) is 22.8 Å². The molecule has 0 radical (unpaired) electrons. The Balaban J connectivity index is 1.55. The number of benzene rings is 2. The number of carbonyl (C=O) groups excluding carboxylic acids is 2. The van der Waals surface area contributed by atoms with E-state index >= 15 is 0 Å². The molecule has 2 aliphatic rings. The van der Waals surface area contributed by atoms with E-state index in [0.29, 0.717) is 28.5 Å². The number of ether oxygens (including phenoxy) is 1. The van der Waals surface area contributed by atoms with Crippen molar-refractivity contribution in [3.8, 4) is 11.8 Å². The van der Waals surface area contributed by atoms with Gasteiger partial charge in [0, 0.05) is 16.6 Å². The fraction of sp³-hybridized carbons (Fsp3) is 0.296. The third kappa shape index (κ3) is 5.02. The van der Waals surface area contributed by atoms with Gasteiger partial charge in [-0.1, -0.05) is 55.1 Å². The monoisotopic (exact) mass is 460 g/mol. The SMILES string of the molecule is CC1=C(C#N)C(=O)N(C2CCCCC2)C(=O)/C1=C/c1ccc(OCc2ccc(Cl)cc2)cc1. The maximum absolute atomic E-state index is 13.3. The van der Waals surface area contributed by atoms with Crippen LogP contribution in [0.5, 0.6) is 5.75 Å². The number of nitriles is 1. The molecule has 1 saturated carbocycles. The summed E-state index contributed by atoms with van der Waals surface area (Å²) >= 11 is 5.91. The Morgan fingerprint density at radius 1 is 1.03 bits per heavy atom. The van der Waals surface area contributed by atoms with E-state index in [0.717, 1.165) is 43.2 Å². The van der Waals surface area contributed by atoms with Gasteiger partial charge >= 0.3 is 0 Å². The second-order valence-electron chi connectivity index (χ2n) is 8.43. The van der Waals surface area contributed by atoms with Crippen LogP contribution in [0, 0.1) is 11.3 Å². The molecular weight excluding hydrogens is 436 g/mol. The first-order valence-corrected chi connectivity index (χ1v) is 11.5. The van der Waals surface area contributed by atoms with Gasteiger partial charge in [-0.15, -0.1) is 0 Å². The largest absolute Gasteiger partial charge is 0.489 e. The molecule has 0 bridgehead atoms. The molecule has 2 amide bonds. The average Bonchev–Trinajstić information content (AvgIpc) is 2.83. The predicted molar refractivity (Wildman–Crippen MR) is 127 cm³/mol. The molecule has 6 heteroatoms. The lowest BCUT2D eigenvalue weighted by Crippen LogP contribution is -2.49. The fourth-order valence-corrected chi connectivity index (χ4v) is 4.47. The van der Waals surface area contributed by atoms with E-state index in [-0.39, 0.29) is 17.5 Å². The zero-order chi connectivity index (χ0) is 23.4. The van der Waals surface area contributed by atoms with Gasteiger partial charge in [0.15, 0.2) is 0 Å². The summed E-state index contributed by atoms with van der Waals surface area (Å²) in [5, 5.41) is 10.3. The molecular formula is C27H25ClN2O3. The summed E-state index contributed by atoms with van der Waals surface area (Å²) in [5.74, 6) is -0.0764. The molecule has 4 rings (SSSR count). The van der Waals surface area contributed by atoms with Crippen molar-refractivity contribution in [3.63, 3.8) is 0 Å². The van der Waals surface area contributed by atoms with Crippen molar-refractivity contribution in [1.82, 2.24) is 4.90 Å². The zero-order valence-electron chi connectivity index (χ0n) is 18.5. The Morgan fingerprint density at radius 3 is 2.33 bits per heavy atom. The summed E-state index contributed by atoms with van der Waals surface area (Å²) in [4.78, 5) is 27.5. The lowest BCUT2D eigenvalue weighted by molar-refractivity contribution is -0.143. The molecule has 0 aromatic heterocycles. The van der Waals surface area contributed by atoms with Gasteiger partial charge in [-0.2, -0.15) is 5.26 Å². The number of carbonyl (C=O) groups is 2.